The molecule has 0 radical (unpaired) electrons. The van der Waals surface area contributed by atoms with Crippen LogP contribution in [0.15, 0.2) is 0 Å². The van der Waals surface area contributed by atoms with Crippen molar-refractivity contribution < 1.29 is 9.59 Å². The maximum atomic E-state index is 11.6. The number of hydrogen-bond acceptors (Lipinski definition) is 3. The van der Waals surface area contributed by atoms with Gasteiger partial charge in [0.25, 0.3) is 0 Å². The van der Waals surface area contributed by atoms with Gasteiger partial charge in [0, 0.05) is 19.0 Å². The van der Waals surface area contributed by atoms with Crippen LogP contribution in [0, 0.1) is 0 Å². The van der Waals surface area contributed by atoms with Gasteiger partial charge in [0.1, 0.15) is 0 Å². The highest BCUT2D eigenvalue weighted by Crippen LogP contribution is 2.04. The molecule has 106 valence electrons. The zero-order valence-corrected chi connectivity index (χ0v) is 11.9. The van der Waals surface area contributed by atoms with Gasteiger partial charge in [0.2, 0.25) is 11.8 Å². The molecule has 0 bridgehead atoms. The van der Waals surface area contributed by atoms with Crippen LogP contribution in [-0.4, -0.2) is 37.0 Å². The van der Waals surface area contributed by atoms with E-state index in [0.29, 0.717) is 13.0 Å². The monoisotopic (exact) mass is 277 g/mol. The number of nitrogens with one attached hydrogen (secondary N) is 3. The second kappa shape index (κ2) is 9.16. The van der Waals surface area contributed by atoms with Gasteiger partial charge in [-0.1, -0.05) is 6.92 Å². The minimum absolute atomic E-state index is 0. The molecule has 1 unspecified atom stereocenters. The van der Waals surface area contributed by atoms with Gasteiger partial charge in [-0.25, -0.2) is 0 Å². The van der Waals surface area contributed by atoms with E-state index in [0.717, 1.165) is 25.8 Å². The molecule has 0 saturated carbocycles. The average Bonchev–Trinajstić information content (AvgIpc) is 2.82. The molecule has 0 aromatic heterocycles. The summed E-state index contributed by atoms with van der Waals surface area (Å²) in [5, 5.41) is 8.77. The third-order valence-electron chi connectivity index (χ3n) is 3.05. The van der Waals surface area contributed by atoms with Crippen molar-refractivity contribution in [2.24, 2.45) is 0 Å². The molecule has 1 fully saturated rings. The van der Waals surface area contributed by atoms with Gasteiger partial charge < -0.3 is 16.0 Å². The SMILES string of the molecule is CCC(C)NC(=O)CCNC(=O)[C@@H]1CCCN1.Cl. The van der Waals surface area contributed by atoms with Crippen LogP contribution in [0.25, 0.3) is 0 Å². The van der Waals surface area contributed by atoms with E-state index in [1.807, 2.05) is 13.8 Å². The Labute approximate surface area is 115 Å². The molecule has 1 aliphatic rings. The molecule has 0 spiro atoms. The molecule has 3 N–H and O–H groups in total. The Balaban J connectivity index is 0.00000289. The summed E-state index contributed by atoms with van der Waals surface area (Å²) in [6, 6.07) is 0.141. The first-order valence-corrected chi connectivity index (χ1v) is 6.44. The molecular formula is C12H24ClN3O2. The van der Waals surface area contributed by atoms with Gasteiger partial charge in [0.05, 0.1) is 6.04 Å². The highest BCUT2D eigenvalue weighted by molar-refractivity contribution is 5.85. The molecular weight excluding hydrogens is 254 g/mol. The standard InChI is InChI=1S/C12H23N3O2.ClH/c1-3-9(2)15-11(16)6-8-14-12(17)10-5-4-7-13-10;/h9-10,13H,3-8H2,1-2H3,(H,14,17)(H,15,16);1H/t9?,10-;/m0./s1. The molecule has 5 nitrogen and oxygen atoms in total. The lowest BCUT2D eigenvalue weighted by Crippen LogP contribution is -2.42. The Morgan fingerprint density at radius 1 is 1.44 bits per heavy atom. The van der Waals surface area contributed by atoms with Gasteiger partial charge in [0.15, 0.2) is 0 Å². The first kappa shape index (κ1) is 17.2. The van der Waals surface area contributed by atoms with E-state index in [4.69, 9.17) is 0 Å². The molecule has 1 aliphatic heterocycles. The summed E-state index contributed by atoms with van der Waals surface area (Å²) in [7, 11) is 0. The Hall–Kier alpha value is -0.810. The normalized spacial score (nSPS) is 19.8. The Morgan fingerprint density at radius 2 is 2.17 bits per heavy atom. The summed E-state index contributed by atoms with van der Waals surface area (Å²) in [5.74, 6) is 0.0119. The largest absolute Gasteiger partial charge is 0.354 e. The number of halogens is 1. The first-order chi connectivity index (χ1) is 8.13. The smallest absolute Gasteiger partial charge is 0.237 e. The van der Waals surface area contributed by atoms with Crippen LogP contribution < -0.4 is 16.0 Å². The maximum Gasteiger partial charge on any atom is 0.237 e. The number of hydrogen-bond donors (Lipinski definition) is 3. The minimum atomic E-state index is -0.0624. The van der Waals surface area contributed by atoms with E-state index in [2.05, 4.69) is 16.0 Å². The molecule has 0 aliphatic carbocycles. The van der Waals surface area contributed by atoms with Gasteiger partial charge in [-0.2, -0.15) is 0 Å². The Morgan fingerprint density at radius 3 is 2.72 bits per heavy atom. The summed E-state index contributed by atoms with van der Waals surface area (Å²) in [4.78, 5) is 23.0. The zero-order chi connectivity index (χ0) is 12.7. The molecule has 0 aromatic carbocycles. The van der Waals surface area contributed by atoms with Crippen molar-refractivity contribution in [1.29, 1.82) is 0 Å². The van der Waals surface area contributed by atoms with Crippen molar-refractivity contribution in [2.75, 3.05) is 13.1 Å². The average molecular weight is 278 g/mol. The number of rotatable bonds is 6. The minimum Gasteiger partial charge on any atom is -0.354 e. The van der Waals surface area contributed by atoms with E-state index in [-0.39, 0.29) is 36.3 Å². The van der Waals surface area contributed by atoms with Crippen molar-refractivity contribution in [2.45, 2.75) is 51.6 Å². The third-order valence-corrected chi connectivity index (χ3v) is 3.05. The van der Waals surface area contributed by atoms with Crippen molar-refractivity contribution in [3.8, 4) is 0 Å². The van der Waals surface area contributed by atoms with Crippen molar-refractivity contribution in [1.82, 2.24) is 16.0 Å². The predicted molar refractivity (Wildman–Crippen MR) is 73.8 cm³/mol. The lowest BCUT2D eigenvalue weighted by molar-refractivity contribution is -0.123. The van der Waals surface area contributed by atoms with Gasteiger partial charge in [-0.15, -0.1) is 12.4 Å². The summed E-state index contributed by atoms with van der Waals surface area (Å²) in [6.07, 6.45) is 3.21. The summed E-state index contributed by atoms with van der Waals surface area (Å²) >= 11 is 0. The quantitative estimate of drug-likeness (QED) is 0.665. The molecule has 1 saturated heterocycles. The molecule has 0 aromatic rings. The van der Waals surface area contributed by atoms with Crippen molar-refractivity contribution in [3.63, 3.8) is 0 Å². The van der Waals surface area contributed by atoms with Crippen molar-refractivity contribution in [3.05, 3.63) is 0 Å². The fourth-order valence-corrected chi connectivity index (χ4v) is 1.78. The van der Waals surface area contributed by atoms with Crippen LogP contribution in [0.4, 0.5) is 0 Å². The van der Waals surface area contributed by atoms with Crippen LogP contribution in [0.5, 0.6) is 0 Å². The number of carbonyl (C=O) groups is 2. The Kier molecular flexibility index (Phi) is 8.75. The second-order valence-corrected chi connectivity index (χ2v) is 4.57. The Bertz CT molecular complexity index is 268. The molecule has 18 heavy (non-hydrogen) atoms. The maximum absolute atomic E-state index is 11.6. The fraction of sp³-hybridized carbons (Fsp3) is 0.833. The van der Waals surface area contributed by atoms with E-state index >= 15 is 0 Å². The highest BCUT2D eigenvalue weighted by Gasteiger charge is 2.21. The molecule has 1 rings (SSSR count). The van der Waals surface area contributed by atoms with E-state index in [1.54, 1.807) is 0 Å². The highest BCUT2D eigenvalue weighted by atomic mass is 35.5. The van der Waals surface area contributed by atoms with Gasteiger partial charge in [-0.05, 0) is 32.7 Å². The zero-order valence-electron chi connectivity index (χ0n) is 11.1. The van der Waals surface area contributed by atoms with Crippen LogP contribution >= 0.6 is 12.4 Å². The summed E-state index contributed by atoms with van der Waals surface area (Å²) in [6.45, 7) is 5.32. The topological polar surface area (TPSA) is 70.2 Å². The van der Waals surface area contributed by atoms with Crippen LogP contribution in [0.2, 0.25) is 0 Å². The molecule has 1 heterocycles. The van der Waals surface area contributed by atoms with Gasteiger partial charge in [-0.3, -0.25) is 9.59 Å². The molecule has 2 amide bonds. The lowest BCUT2D eigenvalue weighted by atomic mass is 10.2. The van der Waals surface area contributed by atoms with E-state index in [9.17, 15) is 9.59 Å². The van der Waals surface area contributed by atoms with Crippen LogP contribution in [0.3, 0.4) is 0 Å². The van der Waals surface area contributed by atoms with E-state index in [1.165, 1.54) is 0 Å². The van der Waals surface area contributed by atoms with Crippen LogP contribution in [0.1, 0.15) is 39.5 Å². The predicted octanol–water partition coefficient (Wildman–Crippen LogP) is 0.581. The third kappa shape index (κ3) is 6.21. The lowest BCUT2D eigenvalue weighted by Gasteiger charge is -2.13. The molecule has 2 atom stereocenters. The van der Waals surface area contributed by atoms with Crippen LogP contribution in [-0.2, 0) is 9.59 Å². The molecule has 6 heteroatoms. The second-order valence-electron chi connectivity index (χ2n) is 4.57. The number of amides is 2. The summed E-state index contributed by atoms with van der Waals surface area (Å²) < 4.78 is 0. The van der Waals surface area contributed by atoms with Gasteiger partial charge >= 0.3 is 0 Å². The first-order valence-electron chi connectivity index (χ1n) is 6.44. The summed E-state index contributed by atoms with van der Waals surface area (Å²) in [5.41, 5.74) is 0. The fourth-order valence-electron chi connectivity index (χ4n) is 1.78. The van der Waals surface area contributed by atoms with Crippen molar-refractivity contribution >= 4 is 24.2 Å². The van der Waals surface area contributed by atoms with E-state index < -0.39 is 0 Å². The number of carbonyl (C=O) groups excluding carboxylic acids is 2.